The Hall–Kier alpha value is -1.10. The van der Waals surface area contributed by atoms with Gasteiger partial charge >= 0.3 is 0 Å². The maximum absolute atomic E-state index is 14.1. The molecular formula is C13H16FNO2S. The molecule has 3 nitrogen and oxygen atoms in total. The highest BCUT2D eigenvalue weighted by molar-refractivity contribution is 7.92. The van der Waals surface area contributed by atoms with Crippen LogP contribution < -0.4 is 4.31 Å². The lowest BCUT2D eigenvalue weighted by Gasteiger charge is -2.38. The van der Waals surface area contributed by atoms with E-state index in [-0.39, 0.29) is 11.2 Å². The molecule has 3 rings (SSSR count). The molecule has 0 amide bonds. The molecule has 1 aromatic rings. The molecule has 1 aliphatic carbocycles. The first kappa shape index (κ1) is 12.0. The average molecular weight is 269 g/mol. The second kappa shape index (κ2) is 3.47. The van der Waals surface area contributed by atoms with Crippen molar-refractivity contribution in [2.24, 2.45) is 0 Å². The topological polar surface area (TPSA) is 37.4 Å². The van der Waals surface area contributed by atoms with Crippen molar-refractivity contribution < 1.29 is 12.8 Å². The lowest BCUT2D eigenvalue weighted by Crippen LogP contribution is -2.41. The predicted octanol–water partition coefficient (Wildman–Crippen LogP) is 2.34. The Kier molecular flexibility index (Phi) is 2.31. The van der Waals surface area contributed by atoms with Gasteiger partial charge in [0.05, 0.1) is 11.9 Å². The minimum absolute atomic E-state index is 0.263. The van der Waals surface area contributed by atoms with Crippen LogP contribution >= 0.6 is 0 Å². The number of sulfonamides is 1. The number of fused-ring (bicyclic) bond motifs is 2. The van der Waals surface area contributed by atoms with Gasteiger partial charge in [0.15, 0.2) is 0 Å². The minimum Gasteiger partial charge on any atom is -0.269 e. The Labute approximate surface area is 107 Å². The summed E-state index contributed by atoms with van der Waals surface area (Å²) in [4.78, 5) is 0. The summed E-state index contributed by atoms with van der Waals surface area (Å²) in [6.07, 6.45) is 4.00. The van der Waals surface area contributed by atoms with Crippen molar-refractivity contribution in [3.05, 3.63) is 29.1 Å². The third-order valence-electron chi connectivity index (χ3n) is 4.27. The molecule has 1 spiro atoms. The first-order valence-electron chi connectivity index (χ1n) is 6.12. The van der Waals surface area contributed by atoms with Crippen LogP contribution in [0.15, 0.2) is 12.1 Å². The van der Waals surface area contributed by atoms with Gasteiger partial charge in [0.25, 0.3) is 0 Å². The molecule has 1 heterocycles. The summed E-state index contributed by atoms with van der Waals surface area (Å²) in [6.45, 7) is 2.25. The summed E-state index contributed by atoms with van der Waals surface area (Å²) in [5.41, 5.74) is 1.77. The van der Waals surface area contributed by atoms with Crippen LogP contribution in [-0.4, -0.2) is 21.2 Å². The number of benzene rings is 1. The molecule has 5 heteroatoms. The van der Waals surface area contributed by atoms with Crippen LogP contribution in [0.1, 0.15) is 30.4 Å². The summed E-state index contributed by atoms with van der Waals surface area (Å²) in [5.74, 6) is -0.263. The highest BCUT2D eigenvalue weighted by Crippen LogP contribution is 2.54. The normalized spacial score (nSPS) is 20.9. The second-order valence-electron chi connectivity index (χ2n) is 5.49. The van der Waals surface area contributed by atoms with E-state index >= 15 is 0 Å². The Morgan fingerprint density at radius 1 is 1.33 bits per heavy atom. The highest BCUT2D eigenvalue weighted by atomic mass is 32.2. The van der Waals surface area contributed by atoms with Gasteiger partial charge in [0, 0.05) is 17.5 Å². The van der Waals surface area contributed by atoms with Crippen molar-refractivity contribution in [1.29, 1.82) is 0 Å². The van der Waals surface area contributed by atoms with Crippen LogP contribution in [0.3, 0.4) is 0 Å². The molecule has 1 aliphatic heterocycles. The Morgan fingerprint density at radius 2 is 2.00 bits per heavy atom. The van der Waals surface area contributed by atoms with Crippen molar-refractivity contribution >= 4 is 15.7 Å². The van der Waals surface area contributed by atoms with E-state index in [2.05, 4.69) is 0 Å². The molecule has 2 aliphatic rings. The van der Waals surface area contributed by atoms with E-state index < -0.39 is 10.0 Å². The smallest absolute Gasteiger partial charge is 0.232 e. The van der Waals surface area contributed by atoms with Crippen molar-refractivity contribution in [2.75, 3.05) is 17.1 Å². The summed E-state index contributed by atoms with van der Waals surface area (Å²) in [6, 6.07) is 3.12. The zero-order chi connectivity index (χ0) is 13.1. The largest absolute Gasteiger partial charge is 0.269 e. The molecule has 0 N–H and O–H groups in total. The lowest BCUT2D eigenvalue weighted by molar-refractivity contribution is 0.260. The Balaban J connectivity index is 2.28. The Morgan fingerprint density at radius 3 is 2.50 bits per heavy atom. The monoisotopic (exact) mass is 269 g/mol. The number of anilines is 1. The fourth-order valence-corrected chi connectivity index (χ4v) is 4.27. The number of halogens is 1. The molecule has 0 saturated heterocycles. The van der Waals surface area contributed by atoms with Crippen molar-refractivity contribution in [2.45, 2.75) is 31.6 Å². The summed E-state index contributed by atoms with van der Waals surface area (Å²) in [7, 11) is -3.34. The second-order valence-corrected chi connectivity index (χ2v) is 7.40. The van der Waals surface area contributed by atoms with Crippen molar-refractivity contribution in [3.63, 3.8) is 0 Å². The predicted molar refractivity (Wildman–Crippen MR) is 68.9 cm³/mol. The molecule has 0 bridgehead atoms. The third kappa shape index (κ3) is 1.43. The SMILES string of the molecule is Cc1ccc(F)c2c1N(S(C)(=O)=O)CC21CCC1. The highest BCUT2D eigenvalue weighted by Gasteiger charge is 2.51. The quantitative estimate of drug-likeness (QED) is 0.784. The van der Waals surface area contributed by atoms with Crippen LogP contribution in [0.4, 0.5) is 10.1 Å². The van der Waals surface area contributed by atoms with Gasteiger partial charge in [-0.3, -0.25) is 4.31 Å². The molecular weight excluding hydrogens is 253 g/mol. The number of nitrogens with zero attached hydrogens (tertiary/aromatic N) is 1. The van der Waals surface area contributed by atoms with Crippen molar-refractivity contribution in [1.82, 2.24) is 0 Å². The molecule has 0 aromatic heterocycles. The van der Waals surface area contributed by atoms with Gasteiger partial charge in [-0.2, -0.15) is 0 Å². The molecule has 18 heavy (non-hydrogen) atoms. The summed E-state index contributed by atoms with van der Waals surface area (Å²) >= 11 is 0. The van der Waals surface area contributed by atoms with Crippen molar-refractivity contribution in [3.8, 4) is 0 Å². The minimum atomic E-state index is -3.34. The van der Waals surface area contributed by atoms with Crippen LogP contribution in [0, 0.1) is 12.7 Å². The molecule has 1 fully saturated rings. The lowest BCUT2D eigenvalue weighted by atomic mass is 9.65. The van der Waals surface area contributed by atoms with E-state index in [1.165, 1.54) is 16.6 Å². The van der Waals surface area contributed by atoms with Crippen LogP contribution in [0.2, 0.25) is 0 Å². The van der Waals surface area contributed by atoms with Gasteiger partial charge in [0.2, 0.25) is 10.0 Å². The third-order valence-corrected chi connectivity index (χ3v) is 5.38. The van der Waals surface area contributed by atoms with E-state index in [0.29, 0.717) is 17.8 Å². The van der Waals surface area contributed by atoms with Gasteiger partial charge in [0.1, 0.15) is 5.82 Å². The molecule has 98 valence electrons. The number of rotatable bonds is 1. The van der Waals surface area contributed by atoms with Gasteiger partial charge in [-0.05, 0) is 31.4 Å². The van der Waals surface area contributed by atoms with Crippen LogP contribution in [0.25, 0.3) is 0 Å². The van der Waals surface area contributed by atoms with Gasteiger partial charge in [-0.25, -0.2) is 12.8 Å². The summed E-state index contributed by atoms with van der Waals surface area (Å²) in [5, 5.41) is 0. The summed E-state index contributed by atoms with van der Waals surface area (Å²) < 4.78 is 39.3. The van der Waals surface area contributed by atoms with E-state index in [9.17, 15) is 12.8 Å². The maximum Gasteiger partial charge on any atom is 0.232 e. The van der Waals surface area contributed by atoms with E-state index in [1.54, 1.807) is 6.07 Å². The van der Waals surface area contributed by atoms with Crippen LogP contribution in [0.5, 0.6) is 0 Å². The average Bonchev–Trinajstić information content (AvgIpc) is 2.59. The molecule has 0 atom stereocenters. The Bertz CT molecular complexity index is 620. The van der Waals surface area contributed by atoms with Gasteiger partial charge in [-0.1, -0.05) is 12.5 Å². The fourth-order valence-electron chi connectivity index (χ4n) is 3.22. The van der Waals surface area contributed by atoms with Crippen LogP contribution in [-0.2, 0) is 15.4 Å². The number of hydrogen-bond donors (Lipinski definition) is 0. The van der Waals surface area contributed by atoms with Gasteiger partial charge in [-0.15, -0.1) is 0 Å². The first-order chi connectivity index (χ1) is 8.35. The first-order valence-corrected chi connectivity index (χ1v) is 7.97. The standard InChI is InChI=1S/C13H16FNO2S/c1-9-4-5-10(14)11-12(9)15(18(2,16)17)8-13(11)6-3-7-13/h4-5H,3,6-8H2,1-2H3. The molecule has 0 radical (unpaired) electrons. The maximum atomic E-state index is 14.1. The van der Waals surface area contributed by atoms with E-state index in [4.69, 9.17) is 0 Å². The molecule has 0 unspecified atom stereocenters. The fraction of sp³-hybridized carbons (Fsp3) is 0.538. The number of hydrogen-bond acceptors (Lipinski definition) is 2. The van der Waals surface area contributed by atoms with Gasteiger partial charge < -0.3 is 0 Å². The zero-order valence-electron chi connectivity index (χ0n) is 10.5. The molecule has 1 saturated carbocycles. The zero-order valence-corrected chi connectivity index (χ0v) is 11.3. The van der Waals surface area contributed by atoms with E-state index in [0.717, 1.165) is 24.8 Å². The molecule has 1 aromatic carbocycles. The number of aryl methyl sites for hydroxylation is 1. The van der Waals surface area contributed by atoms with E-state index in [1.807, 2.05) is 6.92 Å².